The van der Waals surface area contributed by atoms with E-state index in [1.807, 2.05) is 11.6 Å². The summed E-state index contributed by atoms with van der Waals surface area (Å²) < 4.78 is 15.1. The van der Waals surface area contributed by atoms with Crippen LogP contribution in [-0.4, -0.2) is 63.0 Å². The van der Waals surface area contributed by atoms with Crippen molar-refractivity contribution in [2.75, 3.05) is 26.2 Å². The third-order valence-electron chi connectivity index (χ3n) is 5.63. The van der Waals surface area contributed by atoms with Gasteiger partial charge in [0.2, 0.25) is 0 Å². The van der Waals surface area contributed by atoms with Gasteiger partial charge < -0.3 is 5.11 Å². The van der Waals surface area contributed by atoms with E-state index in [-0.39, 0.29) is 12.4 Å². The monoisotopic (exact) mass is 374 g/mol. The molecule has 0 saturated carbocycles. The Morgan fingerprint density at radius 1 is 1.19 bits per heavy atom. The lowest BCUT2D eigenvalue weighted by molar-refractivity contribution is 0.0348. The molecule has 148 valence electrons. The second-order valence-corrected chi connectivity index (χ2v) is 7.77. The van der Waals surface area contributed by atoms with Crippen molar-refractivity contribution in [3.63, 3.8) is 0 Å². The Hall–Kier alpha value is -1.76. The van der Waals surface area contributed by atoms with Crippen LogP contribution in [0.5, 0.6) is 0 Å². The molecule has 0 aliphatic carbocycles. The molecule has 1 saturated heterocycles. The van der Waals surface area contributed by atoms with Gasteiger partial charge in [-0.15, -0.1) is 0 Å². The van der Waals surface area contributed by atoms with Gasteiger partial charge in [0.1, 0.15) is 5.82 Å². The minimum atomic E-state index is -0.238. The molecule has 1 fully saturated rings. The molecular formula is C21H31FN4O. The largest absolute Gasteiger partial charge is 0.396 e. The van der Waals surface area contributed by atoms with E-state index >= 15 is 0 Å². The summed E-state index contributed by atoms with van der Waals surface area (Å²) in [6.07, 6.45) is 0.807. The molecule has 0 radical (unpaired) electrons. The van der Waals surface area contributed by atoms with Crippen LogP contribution in [0.3, 0.4) is 0 Å². The van der Waals surface area contributed by atoms with Crippen LogP contribution in [0.25, 0.3) is 5.69 Å². The van der Waals surface area contributed by atoms with Crippen molar-refractivity contribution in [2.24, 2.45) is 0 Å². The first-order chi connectivity index (χ1) is 12.9. The van der Waals surface area contributed by atoms with E-state index in [1.165, 1.54) is 17.7 Å². The molecule has 1 aliphatic rings. The zero-order valence-corrected chi connectivity index (χ0v) is 16.8. The van der Waals surface area contributed by atoms with E-state index in [2.05, 4.69) is 30.6 Å². The van der Waals surface area contributed by atoms with Gasteiger partial charge in [-0.1, -0.05) is 0 Å². The van der Waals surface area contributed by atoms with E-state index < -0.39 is 0 Å². The van der Waals surface area contributed by atoms with Crippen LogP contribution in [0.2, 0.25) is 0 Å². The fraction of sp³-hybridized carbons (Fsp3) is 0.571. The number of hydrogen-bond acceptors (Lipinski definition) is 4. The number of halogens is 1. The summed E-state index contributed by atoms with van der Waals surface area (Å²) in [6, 6.07) is 7.34. The molecule has 1 atom stereocenters. The summed E-state index contributed by atoms with van der Waals surface area (Å²) in [5, 5.41) is 14.1. The molecule has 1 aromatic carbocycles. The number of aliphatic hydroxyl groups excluding tert-OH is 1. The maximum Gasteiger partial charge on any atom is 0.123 e. The number of benzene rings is 1. The summed E-state index contributed by atoms with van der Waals surface area (Å²) in [5.74, 6) is -0.238. The molecule has 6 heteroatoms. The Labute approximate surface area is 161 Å². The lowest BCUT2D eigenvalue weighted by Crippen LogP contribution is -2.55. The first-order valence-electron chi connectivity index (χ1n) is 9.80. The third-order valence-corrected chi connectivity index (χ3v) is 5.63. The van der Waals surface area contributed by atoms with E-state index in [0.29, 0.717) is 12.1 Å². The number of aliphatic hydroxyl groups is 1. The fourth-order valence-electron chi connectivity index (χ4n) is 4.12. The van der Waals surface area contributed by atoms with Gasteiger partial charge in [-0.05, 0) is 58.4 Å². The van der Waals surface area contributed by atoms with Crippen molar-refractivity contribution in [3.05, 3.63) is 47.0 Å². The van der Waals surface area contributed by atoms with Gasteiger partial charge >= 0.3 is 0 Å². The molecule has 0 spiro atoms. The quantitative estimate of drug-likeness (QED) is 0.844. The SMILES string of the molecule is Cc1nn(-c2ccc(F)cc2)c(C)c1CN1CCN(C(C)C)[C@@H](CCO)C1. The third kappa shape index (κ3) is 4.39. The van der Waals surface area contributed by atoms with E-state index in [1.54, 1.807) is 12.1 Å². The minimum Gasteiger partial charge on any atom is -0.396 e. The van der Waals surface area contributed by atoms with E-state index in [9.17, 15) is 9.50 Å². The van der Waals surface area contributed by atoms with Crippen LogP contribution in [-0.2, 0) is 6.54 Å². The van der Waals surface area contributed by atoms with Crippen LogP contribution in [0.15, 0.2) is 24.3 Å². The topological polar surface area (TPSA) is 44.5 Å². The van der Waals surface area contributed by atoms with Crippen molar-refractivity contribution in [2.45, 2.75) is 52.7 Å². The molecule has 1 aromatic heterocycles. The first kappa shape index (κ1) is 20.0. The predicted octanol–water partition coefficient (Wildman–Crippen LogP) is 2.91. The highest BCUT2D eigenvalue weighted by Crippen LogP contribution is 2.23. The summed E-state index contributed by atoms with van der Waals surface area (Å²) in [5.41, 5.74) is 4.23. The lowest BCUT2D eigenvalue weighted by Gasteiger charge is -2.43. The zero-order valence-electron chi connectivity index (χ0n) is 16.8. The zero-order chi connectivity index (χ0) is 19.6. The van der Waals surface area contributed by atoms with Crippen LogP contribution < -0.4 is 0 Å². The number of rotatable bonds is 6. The summed E-state index contributed by atoms with van der Waals surface area (Å²) >= 11 is 0. The fourth-order valence-corrected chi connectivity index (χ4v) is 4.12. The molecule has 0 bridgehead atoms. The second kappa shape index (κ2) is 8.50. The average Bonchev–Trinajstić information content (AvgIpc) is 2.91. The van der Waals surface area contributed by atoms with Crippen molar-refractivity contribution in [1.82, 2.24) is 19.6 Å². The normalized spacial score (nSPS) is 19.1. The van der Waals surface area contributed by atoms with Crippen molar-refractivity contribution in [1.29, 1.82) is 0 Å². The predicted molar refractivity (Wildman–Crippen MR) is 106 cm³/mol. The Balaban J connectivity index is 1.77. The van der Waals surface area contributed by atoms with Crippen molar-refractivity contribution < 1.29 is 9.50 Å². The molecule has 3 rings (SSSR count). The van der Waals surface area contributed by atoms with Gasteiger partial charge in [0, 0.05) is 56.1 Å². The Bertz CT molecular complexity index is 756. The highest BCUT2D eigenvalue weighted by Gasteiger charge is 2.29. The Kier molecular flexibility index (Phi) is 6.29. The number of aryl methyl sites for hydroxylation is 1. The van der Waals surface area contributed by atoms with Crippen molar-refractivity contribution >= 4 is 0 Å². The number of piperazine rings is 1. The molecule has 0 amide bonds. The van der Waals surface area contributed by atoms with Crippen LogP contribution in [0.4, 0.5) is 4.39 Å². The lowest BCUT2D eigenvalue weighted by atomic mass is 10.1. The van der Waals surface area contributed by atoms with Gasteiger partial charge in [-0.3, -0.25) is 9.80 Å². The van der Waals surface area contributed by atoms with Gasteiger partial charge in [0.25, 0.3) is 0 Å². The van der Waals surface area contributed by atoms with Gasteiger partial charge in [-0.25, -0.2) is 9.07 Å². The molecule has 1 aliphatic heterocycles. The highest BCUT2D eigenvalue weighted by molar-refractivity contribution is 5.37. The van der Waals surface area contributed by atoms with Crippen molar-refractivity contribution in [3.8, 4) is 5.69 Å². The standard InChI is InChI=1S/C21H31FN4O/c1-15(2)25-11-10-24(13-20(25)9-12-27)14-21-16(3)23-26(17(21)4)19-7-5-18(22)6-8-19/h5-8,15,20,27H,9-14H2,1-4H3/t20-/m0/s1. The van der Waals surface area contributed by atoms with Gasteiger partial charge in [0.15, 0.2) is 0 Å². The Morgan fingerprint density at radius 2 is 1.89 bits per heavy atom. The van der Waals surface area contributed by atoms with E-state index in [4.69, 9.17) is 5.10 Å². The first-order valence-corrected chi connectivity index (χ1v) is 9.80. The molecule has 2 heterocycles. The highest BCUT2D eigenvalue weighted by atomic mass is 19.1. The molecule has 0 unspecified atom stereocenters. The minimum absolute atomic E-state index is 0.224. The summed E-state index contributed by atoms with van der Waals surface area (Å²) in [6.45, 7) is 12.6. The average molecular weight is 375 g/mol. The maximum atomic E-state index is 13.2. The summed E-state index contributed by atoms with van der Waals surface area (Å²) in [7, 11) is 0. The molecule has 27 heavy (non-hydrogen) atoms. The molecule has 1 N–H and O–H groups in total. The molecule has 5 nitrogen and oxygen atoms in total. The van der Waals surface area contributed by atoms with Gasteiger partial charge in [-0.2, -0.15) is 5.10 Å². The van der Waals surface area contributed by atoms with Crippen LogP contribution in [0.1, 0.15) is 37.2 Å². The number of aromatic nitrogens is 2. The summed E-state index contributed by atoms with van der Waals surface area (Å²) in [4.78, 5) is 4.96. The molecular weight excluding hydrogens is 343 g/mol. The smallest absolute Gasteiger partial charge is 0.123 e. The van der Waals surface area contributed by atoms with Gasteiger partial charge in [0.05, 0.1) is 11.4 Å². The van der Waals surface area contributed by atoms with Crippen LogP contribution in [0, 0.1) is 19.7 Å². The number of nitrogens with zero attached hydrogens (tertiary/aromatic N) is 4. The second-order valence-electron chi connectivity index (χ2n) is 7.77. The Morgan fingerprint density at radius 3 is 2.52 bits per heavy atom. The van der Waals surface area contributed by atoms with Crippen LogP contribution >= 0.6 is 0 Å². The maximum absolute atomic E-state index is 13.2. The molecule has 2 aromatic rings. The number of hydrogen-bond donors (Lipinski definition) is 1. The van der Waals surface area contributed by atoms with E-state index in [0.717, 1.165) is 49.7 Å².